The molecule has 1 fully saturated rings. The molecule has 0 radical (unpaired) electrons. The van der Waals surface area contributed by atoms with Gasteiger partial charge in [0.1, 0.15) is 5.65 Å². The summed E-state index contributed by atoms with van der Waals surface area (Å²) in [5.41, 5.74) is 5.66. The van der Waals surface area contributed by atoms with Crippen molar-refractivity contribution in [1.82, 2.24) is 9.38 Å². The number of hydrogen-bond donors (Lipinski definition) is 0. The second kappa shape index (κ2) is 6.89. The lowest BCUT2D eigenvalue weighted by atomic mass is 10.00. The monoisotopic (exact) mass is 335 g/mol. The fourth-order valence-corrected chi connectivity index (χ4v) is 3.49. The van der Waals surface area contributed by atoms with E-state index in [4.69, 9.17) is 9.72 Å². The fraction of sp³-hybridized carbons (Fsp3) is 0.381. The van der Waals surface area contributed by atoms with Crippen molar-refractivity contribution in [3.63, 3.8) is 0 Å². The van der Waals surface area contributed by atoms with E-state index >= 15 is 0 Å². The molecular formula is C21H25N3O. The van der Waals surface area contributed by atoms with Crippen molar-refractivity contribution in [1.29, 1.82) is 0 Å². The van der Waals surface area contributed by atoms with Gasteiger partial charge in [0.05, 0.1) is 11.4 Å². The number of imidazole rings is 1. The second-order valence-corrected chi connectivity index (χ2v) is 7.08. The molecule has 0 saturated carbocycles. The van der Waals surface area contributed by atoms with Crippen molar-refractivity contribution in [3.8, 4) is 11.3 Å². The Hall–Kier alpha value is -2.33. The first-order valence-electron chi connectivity index (χ1n) is 9.04. The molecule has 1 aliphatic rings. The quantitative estimate of drug-likeness (QED) is 0.717. The molecule has 3 heterocycles. The van der Waals surface area contributed by atoms with Gasteiger partial charge in [-0.3, -0.25) is 0 Å². The number of nitrogens with zero attached hydrogens (tertiary/aromatic N) is 3. The van der Waals surface area contributed by atoms with E-state index in [1.807, 2.05) is 0 Å². The summed E-state index contributed by atoms with van der Waals surface area (Å²) in [6, 6.07) is 12.8. The van der Waals surface area contributed by atoms with Gasteiger partial charge in [-0.2, -0.15) is 0 Å². The number of fused-ring (bicyclic) bond motifs is 1. The van der Waals surface area contributed by atoms with Crippen molar-refractivity contribution in [2.24, 2.45) is 5.92 Å². The van der Waals surface area contributed by atoms with Crippen molar-refractivity contribution >= 4 is 11.3 Å². The maximum Gasteiger partial charge on any atom is 0.137 e. The van der Waals surface area contributed by atoms with Gasteiger partial charge in [0.15, 0.2) is 0 Å². The number of pyridine rings is 1. The molecule has 0 unspecified atom stereocenters. The third kappa shape index (κ3) is 3.54. The second-order valence-electron chi connectivity index (χ2n) is 7.08. The largest absolute Gasteiger partial charge is 0.381 e. The highest BCUT2D eigenvalue weighted by Crippen LogP contribution is 2.23. The Balaban J connectivity index is 1.56. The average Bonchev–Trinajstić information content (AvgIpc) is 3.06. The highest BCUT2D eigenvalue weighted by molar-refractivity contribution is 5.64. The molecule has 0 bridgehead atoms. The van der Waals surface area contributed by atoms with Crippen LogP contribution in [0.4, 0.5) is 5.69 Å². The van der Waals surface area contributed by atoms with Crippen LogP contribution in [0.25, 0.3) is 16.9 Å². The number of benzene rings is 1. The molecule has 2 aromatic heterocycles. The van der Waals surface area contributed by atoms with Crippen LogP contribution in [-0.4, -0.2) is 36.2 Å². The Morgan fingerprint density at radius 3 is 2.60 bits per heavy atom. The number of hydrogen-bond acceptors (Lipinski definition) is 3. The minimum absolute atomic E-state index is 0.723. The minimum atomic E-state index is 0.723. The zero-order valence-electron chi connectivity index (χ0n) is 15.0. The lowest BCUT2D eigenvalue weighted by Gasteiger charge is -2.28. The Kier molecular flexibility index (Phi) is 4.45. The van der Waals surface area contributed by atoms with E-state index in [0.717, 1.165) is 55.4 Å². The van der Waals surface area contributed by atoms with Crippen LogP contribution in [0.2, 0.25) is 0 Å². The Bertz CT molecular complexity index is 847. The van der Waals surface area contributed by atoms with Gasteiger partial charge in [-0.25, -0.2) is 4.98 Å². The lowest BCUT2D eigenvalue weighted by molar-refractivity contribution is 0.0685. The zero-order chi connectivity index (χ0) is 17.2. The molecule has 4 heteroatoms. The summed E-state index contributed by atoms with van der Waals surface area (Å²) in [5.74, 6) is 0.723. The van der Waals surface area contributed by atoms with E-state index in [1.165, 1.54) is 11.3 Å². The summed E-state index contributed by atoms with van der Waals surface area (Å²) in [6.07, 6.45) is 6.62. The van der Waals surface area contributed by atoms with E-state index < -0.39 is 0 Å². The van der Waals surface area contributed by atoms with Crippen LogP contribution in [0.3, 0.4) is 0 Å². The Labute approximate surface area is 149 Å². The van der Waals surface area contributed by atoms with Crippen molar-refractivity contribution in [2.45, 2.75) is 19.8 Å². The highest BCUT2D eigenvalue weighted by Gasteiger charge is 2.16. The van der Waals surface area contributed by atoms with E-state index in [-0.39, 0.29) is 0 Å². The molecule has 1 aliphatic heterocycles. The molecule has 3 aromatic rings. The van der Waals surface area contributed by atoms with Crippen LogP contribution >= 0.6 is 0 Å². The normalized spacial score (nSPS) is 15.6. The smallest absolute Gasteiger partial charge is 0.137 e. The van der Waals surface area contributed by atoms with Crippen LogP contribution < -0.4 is 4.90 Å². The SMILES string of the molecule is Cc1ccc(-c2cn3cc(N(C)CC4CCOCC4)ccc3n2)cc1. The standard InChI is InChI=1S/C21H25N3O/c1-16-3-5-18(6-4-16)20-15-24-14-19(7-8-21(24)22-20)23(2)13-17-9-11-25-12-10-17/h3-8,14-15,17H,9-13H2,1-2H3. The third-order valence-corrected chi connectivity index (χ3v) is 5.10. The number of aromatic nitrogens is 2. The van der Waals surface area contributed by atoms with E-state index in [2.05, 4.69) is 72.1 Å². The maximum atomic E-state index is 5.47. The number of ether oxygens (including phenoxy) is 1. The molecule has 0 aliphatic carbocycles. The van der Waals surface area contributed by atoms with Crippen LogP contribution in [0.1, 0.15) is 18.4 Å². The van der Waals surface area contributed by atoms with Gasteiger partial charge >= 0.3 is 0 Å². The van der Waals surface area contributed by atoms with Crippen LogP contribution in [0.5, 0.6) is 0 Å². The van der Waals surface area contributed by atoms with Gasteiger partial charge < -0.3 is 14.0 Å². The summed E-state index contributed by atoms with van der Waals surface area (Å²) < 4.78 is 7.60. The summed E-state index contributed by atoms with van der Waals surface area (Å²) in [4.78, 5) is 7.10. The molecule has 0 amide bonds. The van der Waals surface area contributed by atoms with E-state index in [9.17, 15) is 0 Å². The predicted molar refractivity (Wildman–Crippen MR) is 102 cm³/mol. The predicted octanol–water partition coefficient (Wildman–Crippen LogP) is 4.17. The lowest BCUT2D eigenvalue weighted by Crippen LogP contribution is -2.29. The van der Waals surface area contributed by atoms with Gasteiger partial charge in [-0.1, -0.05) is 29.8 Å². The Morgan fingerprint density at radius 2 is 1.84 bits per heavy atom. The number of anilines is 1. The van der Waals surface area contributed by atoms with E-state index in [1.54, 1.807) is 0 Å². The van der Waals surface area contributed by atoms with Gasteiger partial charge in [0.2, 0.25) is 0 Å². The van der Waals surface area contributed by atoms with Crippen LogP contribution in [-0.2, 0) is 4.74 Å². The average molecular weight is 335 g/mol. The van der Waals surface area contributed by atoms with Gasteiger partial charge in [-0.15, -0.1) is 0 Å². The molecule has 4 nitrogen and oxygen atoms in total. The minimum Gasteiger partial charge on any atom is -0.381 e. The first-order chi connectivity index (χ1) is 12.2. The molecule has 0 N–H and O–H groups in total. The molecule has 1 saturated heterocycles. The summed E-state index contributed by atoms with van der Waals surface area (Å²) in [6.45, 7) is 4.99. The molecule has 25 heavy (non-hydrogen) atoms. The zero-order valence-corrected chi connectivity index (χ0v) is 15.0. The fourth-order valence-electron chi connectivity index (χ4n) is 3.49. The topological polar surface area (TPSA) is 29.8 Å². The molecule has 4 rings (SSSR count). The first kappa shape index (κ1) is 16.2. The first-order valence-corrected chi connectivity index (χ1v) is 9.04. The summed E-state index contributed by atoms with van der Waals surface area (Å²) in [7, 11) is 2.18. The van der Waals surface area contributed by atoms with Crippen LogP contribution in [0.15, 0.2) is 48.8 Å². The van der Waals surface area contributed by atoms with Crippen LogP contribution in [0, 0.1) is 12.8 Å². The molecule has 0 atom stereocenters. The Morgan fingerprint density at radius 1 is 1.08 bits per heavy atom. The van der Waals surface area contributed by atoms with Crippen molar-refractivity contribution in [3.05, 3.63) is 54.4 Å². The molecule has 0 spiro atoms. The van der Waals surface area contributed by atoms with Crippen molar-refractivity contribution < 1.29 is 4.74 Å². The van der Waals surface area contributed by atoms with Gasteiger partial charge in [-0.05, 0) is 37.8 Å². The molecule has 130 valence electrons. The number of aryl methyl sites for hydroxylation is 1. The third-order valence-electron chi connectivity index (χ3n) is 5.10. The van der Waals surface area contributed by atoms with E-state index in [0.29, 0.717) is 0 Å². The summed E-state index contributed by atoms with van der Waals surface area (Å²) in [5, 5.41) is 0. The van der Waals surface area contributed by atoms with Crippen molar-refractivity contribution in [2.75, 3.05) is 31.7 Å². The summed E-state index contributed by atoms with van der Waals surface area (Å²) >= 11 is 0. The molecular weight excluding hydrogens is 310 g/mol. The number of rotatable bonds is 4. The highest BCUT2D eigenvalue weighted by atomic mass is 16.5. The van der Waals surface area contributed by atoms with Gasteiger partial charge in [0, 0.05) is 44.8 Å². The van der Waals surface area contributed by atoms with Gasteiger partial charge in [0.25, 0.3) is 0 Å². The molecule has 1 aromatic carbocycles. The maximum absolute atomic E-state index is 5.47.